The molecule has 0 aliphatic carbocycles. The van der Waals surface area contributed by atoms with Crippen LogP contribution in [0.15, 0.2) is 53.6 Å². The van der Waals surface area contributed by atoms with Crippen LogP contribution in [0.4, 0.5) is 5.69 Å². The minimum absolute atomic E-state index is 0.244. The lowest BCUT2D eigenvalue weighted by atomic mass is 10.2. The van der Waals surface area contributed by atoms with Gasteiger partial charge in [-0.1, -0.05) is 36.8 Å². The number of nitrogens with zero attached hydrogens (tertiary/aromatic N) is 5. The van der Waals surface area contributed by atoms with Gasteiger partial charge in [-0.25, -0.2) is 13.1 Å². The Morgan fingerprint density at radius 1 is 1.10 bits per heavy atom. The zero-order valence-electron chi connectivity index (χ0n) is 17.8. The molecule has 0 saturated heterocycles. The van der Waals surface area contributed by atoms with Gasteiger partial charge in [-0.15, -0.1) is 5.10 Å². The second kappa shape index (κ2) is 8.24. The van der Waals surface area contributed by atoms with Crippen LogP contribution < -0.4 is 4.90 Å². The van der Waals surface area contributed by atoms with Crippen LogP contribution in [0.5, 0.6) is 0 Å². The second-order valence-corrected chi connectivity index (χ2v) is 9.41. The number of anilines is 1. The molecule has 162 valence electrons. The number of fused-ring (bicyclic) bond motifs is 1. The summed E-state index contributed by atoms with van der Waals surface area (Å²) in [5.41, 5.74) is 3.76. The highest BCUT2D eigenvalue weighted by molar-refractivity contribution is 7.89. The zero-order valence-corrected chi connectivity index (χ0v) is 18.6. The molecule has 1 aliphatic rings. The number of carbonyl (C=O) groups is 1. The molecule has 1 aromatic heterocycles. The van der Waals surface area contributed by atoms with Crippen molar-refractivity contribution >= 4 is 21.6 Å². The Balaban J connectivity index is 1.59. The van der Waals surface area contributed by atoms with Gasteiger partial charge in [0.15, 0.2) is 5.69 Å². The Morgan fingerprint density at radius 2 is 1.81 bits per heavy atom. The van der Waals surface area contributed by atoms with E-state index < -0.39 is 10.0 Å². The molecule has 0 saturated carbocycles. The van der Waals surface area contributed by atoms with Gasteiger partial charge in [0.25, 0.3) is 5.91 Å². The first-order chi connectivity index (χ1) is 14.8. The summed E-state index contributed by atoms with van der Waals surface area (Å²) < 4.78 is 28.6. The molecule has 0 unspecified atom stereocenters. The van der Waals surface area contributed by atoms with E-state index in [2.05, 4.69) is 10.3 Å². The standard InChI is InChI=1S/C22H25N5O3S/c1-4-25(5-2)31(29,30)19-10-11-21-17(14-19)12-13-26(21)22(28)20-15-27(24-23-20)18-8-6-16(3)7-9-18/h6-11,14-15H,4-5,12-13H2,1-3H3. The minimum Gasteiger partial charge on any atom is -0.306 e. The maximum atomic E-state index is 13.1. The molecule has 0 N–H and O–H groups in total. The van der Waals surface area contributed by atoms with Crippen LogP contribution in [0.2, 0.25) is 0 Å². The van der Waals surface area contributed by atoms with E-state index in [0.29, 0.717) is 31.7 Å². The number of amides is 1. The molecule has 9 heteroatoms. The SMILES string of the molecule is CCN(CC)S(=O)(=O)c1ccc2c(c1)CCN2C(=O)c1cn(-c2ccc(C)cc2)nn1. The molecule has 8 nitrogen and oxygen atoms in total. The van der Waals surface area contributed by atoms with Gasteiger partial charge in [-0.2, -0.15) is 4.31 Å². The van der Waals surface area contributed by atoms with Crippen LogP contribution in [0.25, 0.3) is 5.69 Å². The van der Waals surface area contributed by atoms with Gasteiger partial charge in [0.2, 0.25) is 10.0 Å². The summed E-state index contributed by atoms with van der Waals surface area (Å²) in [6.07, 6.45) is 2.21. The fourth-order valence-electron chi connectivity index (χ4n) is 3.79. The molecular weight excluding hydrogens is 414 g/mol. The molecule has 2 aromatic carbocycles. The Morgan fingerprint density at radius 3 is 2.48 bits per heavy atom. The quantitative estimate of drug-likeness (QED) is 0.589. The Kier molecular flexibility index (Phi) is 5.63. The summed E-state index contributed by atoms with van der Waals surface area (Å²) >= 11 is 0. The highest BCUT2D eigenvalue weighted by Gasteiger charge is 2.30. The number of hydrogen-bond donors (Lipinski definition) is 0. The van der Waals surface area contributed by atoms with E-state index in [1.807, 2.05) is 45.0 Å². The summed E-state index contributed by atoms with van der Waals surface area (Å²) in [7, 11) is -3.54. The smallest absolute Gasteiger partial charge is 0.280 e. The van der Waals surface area contributed by atoms with Crippen LogP contribution in [0.3, 0.4) is 0 Å². The molecule has 31 heavy (non-hydrogen) atoms. The number of aryl methyl sites for hydroxylation is 1. The molecule has 0 atom stereocenters. The van der Waals surface area contributed by atoms with Crippen molar-refractivity contribution in [1.82, 2.24) is 19.3 Å². The Hall–Kier alpha value is -3.04. The predicted molar refractivity (Wildman–Crippen MR) is 118 cm³/mol. The lowest BCUT2D eigenvalue weighted by Crippen LogP contribution is -2.31. The molecule has 4 rings (SSSR count). The van der Waals surface area contributed by atoms with Crippen molar-refractivity contribution in [3.63, 3.8) is 0 Å². The number of carbonyl (C=O) groups excluding carboxylic acids is 1. The number of rotatable bonds is 6. The summed E-state index contributed by atoms with van der Waals surface area (Å²) in [6, 6.07) is 12.7. The van der Waals surface area contributed by atoms with E-state index >= 15 is 0 Å². The first-order valence-corrected chi connectivity index (χ1v) is 11.7. The maximum absolute atomic E-state index is 13.1. The second-order valence-electron chi connectivity index (χ2n) is 7.47. The summed E-state index contributed by atoms with van der Waals surface area (Å²) in [6.45, 7) is 6.94. The number of sulfonamides is 1. The number of hydrogen-bond acceptors (Lipinski definition) is 5. The Bertz CT molecular complexity index is 1210. The van der Waals surface area contributed by atoms with Gasteiger partial charge >= 0.3 is 0 Å². The van der Waals surface area contributed by atoms with Crippen molar-refractivity contribution in [1.29, 1.82) is 0 Å². The fraction of sp³-hybridized carbons (Fsp3) is 0.318. The highest BCUT2D eigenvalue weighted by Crippen LogP contribution is 2.32. The van der Waals surface area contributed by atoms with Crippen molar-refractivity contribution in [2.75, 3.05) is 24.5 Å². The van der Waals surface area contributed by atoms with Crippen molar-refractivity contribution in [3.05, 3.63) is 65.5 Å². The zero-order chi connectivity index (χ0) is 22.2. The largest absolute Gasteiger partial charge is 0.306 e. The van der Waals surface area contributed by atoms with Gasteiger partial charge in [-0.05, 0) is 49.2 Å². The van der Waals surface area contributed by atoms with E-state index in [-0.39, 0.29) is 16.5 Å². The molecule has 1 aliphatic heterocycles. The molecule has 1 amide bonds. The summed E-state index contributed by atoms with van der Waals surface area (Å²) in [5, 5.41) is 8.14. The average molecular weight is 440 g/mol. The van der Waals surface area contributed by atoms with Crippen molar-refractivity contribution < 1.29 is 13.2 Å². The van der Waals surface area contributed by atoms with Gasteiger partial charge in [0.1, 0.15) is 0 Å². The molecule has 3 aromatic rings. The van der Waals surface area contributed by atoms with Crippen LogP contribution >= 0.6 is 0 Å². The van der Waals surface area contributed by atoms with Gasteiger partial charge in [0.05, 0.1) is 16.8 Å². The van der Waals surface area contributed by atoms with Crippen molar-refractivity contribution in [2.24, 2.45) is 0 Å². The fourth-order valence-corrected chi connectivity index (χ4v) is 5.30. The topological polar surface area (TPSA) is 88.4 Å². The average Bonchev–Trinajstić information content (AvgIpc) is 3.41. The third-order valence-electron chi connectivity index (χ3n) is 5.55. The third-order valence-corrected chi connectivity index (χ3v) is 7.59. The van der Waals surface area contributed by atoms with E-state index in [9.17, 15) is 13.2 Å². The van der Waals surface area contributed by atoms with Crippen LogP contribution in [0.1, 0.15) is 35.5 Å². The number of aromatic nitrogens is 3. The molecular formula is C22H25N5O3S. The van der Waals surface area contributed by atoms with Gasteiger partial charge < -0.3 is 4.90 Å². The maximum Gasteiger partial charge on any atom is 0.280 e. The molecule has 0 bridgehead atoms. The first-order valence-electron chi connectivity index (χ1n) is 10.3. The monoisotopic (exact) mass is 439 g/mol. The van der Waals surface area contributed by atoms with E-state index in [1.54, 1.807) is 34.0 Å². The summed E-state index contributed by atoms with van der Waals surface area (Å²) in [5.74, 6) is -0.253. The van der Waals surface area contributed by atoms with Crippen LogP contribution in [-0.2, 0) is 16.4 Å². The van der Waals surface area contributed by atoms with E-state index in [0.717, 1.165) is 16.8 Å². The molecule has 0 fully saturated rings. The van der Waals surface area contributed by atoms with Gasteiger partial charge in [-0.3, -0.25) is 4.79 Å². The first kappa shape index (κ1) is 21.2. The van der Waals surface area contributed by atoms with Crippen LogP contribution in [-0.4, -0.2) is 53.3 Å². The lowest BCUT2D eigenvalue weighted by Gasteiger charge is -2.20. The molecule has 2 heterocycles. The Labute approximate surface area is 182 Å². The predicted octanol–water partition coefficient (Wildman–Crippen LogP) is 2.81. The number of benzene rings is 2. The van der Waals surface area contributed by atoms with Crippen LogP contribution in [0, 0.1) is 6.92 Å². The van der Waals surface area contributed by atoms with Crippen molar-refractivity contribution in [2.45, 2.75) is 32.1 Å². The van der Waals surface area contributed by atoms with E-state index in [1.165, 1.54) is 4.31 Å². The third kappa shape index (κ3) is 3.86. The molecule has 0 spiro atoms. The molecule has 0 radical (unpaired) electrons. The minimum atomic E-state index is -3.54. The van der Waals surface area contributed by atoms with E-state index in [4.69, 9.17) is 0 Å². The van der Waals surface area contributed by atoms with Gasteiger partial charge in [0, 0.05) is 25.3 Å². The summed E-state index contributed by atoms with van der Waals surface area (Å²) in [4.78, 5) is 15.0. The lowest BCUT2D eigenvalue weighted by molar-refractivity contribution is 0.0984. The normalized spacial score (nSPS) is 13.6. The highest BCUT2D eigenvalue weighted by atomic mass is 32.2. The van der Waals surface area contributed by atoms with Crippen molar-refractivity contribution in [3.8, 4) is 5.69 Å².